The van der Waals surface area contributed by atoms with Crippen molar-refractivity contribution in [2.24, 2.45) is 5.92 Å². The third-order valence-electron chi connectivity index (χ3n) is 3.01. The number of ether oxygens (including phenoxy) is 2. The van der Waals surface area contributed by atoms with E-state index in [2.05, 4.69) is 33.3 Å². The minimum Gasteiger partial charge on any atom is -0.375 e. The Morgan fingerprint density at radius 2 is 2.18 bits per heavy atom. The van der Waals surface area contributed by atoms with Gasteiger partial charge in [-0.1, -0.05) is 6.92 Å². The molecule has 0 aromatic rings. The molecule has 1 heterocycles. The molecular weight excluding hydrogens is 335 g/mol. The van der Waals surface area contributed by atoms with Crippen LogP contribution in [0.25, 0.3) is 0 Å². The zero-order chi connectivity index (χ0) is 12.8. The predicted molar refractivity (Wildman–Crippen MR) is 74.9 cm³/mol. The monoisotopic (exact) mass is 358 g/mol. The smallest absolute Gasteiger partial charge is 0.109 e. The molecule has 0 saturated carbocycles. The van der Waals surface area contributed by atoms with Crippen molar-refractivity contribution < 1.29 is 14.3 Å². The standard InChI is InChI=1S/C11H23IN2O3/c1-5-15-11-8(2)9(13-12)6-16-10(11)7-17-14(3)4/h8-11,13H,5-7H2,1-4H3/t8-,9+,10+,11?/m0/s1. The molecule has 1 unspecified atom stereocenters. The quantitative estimate of drug-likeness (QED) is 0.440. The number of hydrogen-bond donors (Lipinski definition) is 1. The Balaban J connectivity index is 2.56. The number of hydroxylamine groups is 2. The lowest BCUT2D eigenvalue weighted by molar-refractivity contribution is -0.204. The van der Waals surface area contributed by atoms with E-state index in [1.54, 1.807) is 5.06 Å². The number of halogens is 1. The number of nitrogens with zero attached hydrogens (tertiary/aromatic N) is 1. The molecule has 1 saturated heterocycles. The fraction of sp³-hybridized carbons (Fsp3) is 1.00. The van der Waals surface area contributed by atoms with Gasteiger partial charge in [-0.25, -0.2) is 0 Å². The van der Waals surface area contributed by atoms with Crippen LogP contribution in [0.4, 0.5) is 0 Å². The Labute approximate surface area is 118 Å². The zero-order valence-electron chi connectivity index (χ0n) is 11.0. The van der Waals surface area contributed by atoms with Gasteiger partial charge in [-0.05, 0) is 6.92 Å². The molecule has 0 aromatic carbocycles. The van der Waals surface area contributed by atoms with Crippen molar-refractivity contribution in [3.05, 3.63) is 0 Å². The second kappa shape index (κ2) is 7.85. The summed E-state index contributed by atoms with van der Waals surface area (Å²) in [4.78, 5) is 5.48. The van der Waals surface area contributed by atoms with E-state index in [0.717, 1.165) is 0 Å². The third-order valence-corrected chi connectivity index (χ3v) is 3.81. The Morgan fingerprint density at radius 3 is 2.71 bits per heavy atom. The second-order valence-electron chi connectivity index (χ2n) is 4.47. The topological polar surface area (TPSA) is 43.0 Å². The molecule has 0 amide bonds. The lowest BCUT2D eigenvalue weighted by Gasteiger charge is -2.40. The molecule has 0 aliphatic carbocycles. The molecule has 5 nitrogen and oxygen atoms in total. The van der Waals surface area contributed by atoms with Gasteiger partial charge in [-0.3, -0.25) is 8.37 Å². The summed E-state index contributed by atoms with van der Waals surface area (Å²) in [6.07, 6.45) is 0.0920. The van der Waals surface area contributed by atoms with Gasteiger partial charge in [0.25, 0.3) is 0 Å². The highest BCUT2D eigenvalue weighted by Gasteiger charge is 2.38. The summed E-state index contributed by atoms with van der Waals surface area (Å²) in [6.45, 7) is 6.15. The highest BCUT2D eigenvalue weighted by Crippen LogP contribution is 2.25. The van der Waals surface area contributed by atoms with Crippen molar-refractivity contribution in [1.82, 2.24) is 8.59 Å². The number of hydrogen-bond acceptors (Lipinski definition) is 5. The summed E-state index contributed by atoms with van der Waals surface area (Å²) in [5.41, 5.74) is 0. The minimum atomic E-state index is 0.00773. The molecular formula is C11H23IN2O3. The summed E-state index contributed by atoms with van der Waals surface area (Å²) in [7, 11) is 3.74. The van der Waals surface area contributed by atoms with Crippen molar-refractivity contribution in [3.63, 3.8) is 0 Å². The average Bonchev–Trinajstić information content (AvgIpc) is 2.30. The summed E-state index contributed by atoms with van der Waals surface area (Å²) in [5, 5.41) is 1.69. The highest BCUT2D eigenvalue weighted by atomic mass is 127. The van der Waals surface area contributed by atoms with Gasteiger partial charge in [0, 0.05) is 55.5 Å². The Kier molecular flexibility index (Phi) is 7.20. The van der Waals surface area contributed by atoms with Crippen molar-refractivity contribution >= 4 is 22.9 Å². The van der Waals surface area contributed by atoms with Crippen molar-refractivity contribution in [2.75, 3.05) is 33.9 Å². The molecule has 4 atom stereocenters. The first kappa shape index (κ1) is 15.6. The number of rotatable bonds is 6. The first-order valence-corrected chi connectivity index (χ1v) is 7.07. The van der Waals surface area contributed by atoms with E-state index < -0.39 is 0 Å². The van der Waals surface area contributed by atoms with Crippen LogP contribution in [0, 0.1) is 5.92 Å². The summed E-state index contributed by atoms with van der Waals surface area (Å²) in [5.74, 6) is 0.413. The average molecular weight is 358 g/mol. The normalized spacial score (nSPS) is 34.2. The van der Waals surface area contributed by atoms with Gasteiger partial charge in [0.15, 0.2) is 0 Å². The molecule has 17 heavy (non-hydrogen) atoms. The largest absolute Gasteiger partial charge is 0.375 e. The van der Waals surface area contributed by atoms with Gasteiger partial charge < -0.3 is 9.47 Å². The van der Waals surface area contributed by atoms with Crippen LogP contribution < -0.4 is 3.53 Å². The third kappa shape index (κ3) is 4.60. The zero-order valence-corrected chi connectivity index (χ0v) is 13.1. The Bertz CT molecular complexity index is 219. The molecule has 1 aliphatic heterocycles. The van der Waals surface area contributed by atoms with E-state index in [0.29, 0.717) is 31.8 Å². The molecule has 1 aliphatic rings. The van der Waals surface area contributed by atoms with E-state index in [9.17, 15) is 0 Å². The molecule has 0 aromatic heterocycles. The lowest BCUT2D eigenvalue weighted by atomic mass is 9.90. The fourth-order valence-corrected chi connectivity index (χ4v) is 2.74. The molecule has 1 fully saturated rings. The van der Waals surface area contributed by atoms with Gasteiger partial charge in [0.05, 0.1) is 19.3 Å². The van der Waals surface area contributed by atoms with Crippen LogP contribution in [0.1, 0.15) is 13.8 Å². The first-order chi connectivity index (χ1) is 8.10. The van der Waals surface area contributed by atoms with Gasteiger partial charge in [-0.2, -0.15) is 5.06 Å². The van der Waals surface area contributed by atoms with Crippen LogP contribution in [0.3, 0.4) is 0 Å². The van der Waals surface area contributed by atoms with Crippen LogP contribution in [0.15, 0.2) is 0 Å². The minimum absolute atomic E-state index is 0.00773. The predicted octanol–water partition coefficient (Wildman–Crippen LogP) is 1.23. The van der Waals surface area contributed by atoms with Crippen molar-refractivity contribution in [1.29, 1.82) is 0 Å². The van der Waals surface area contributed by atoms with Crippen LogP contribution in [-0.4, -0.2) is 57.2 Å². The Hall–Kier alpha value is 0.530. The van der Waals surface area contributed by atoms with E-state index in [1.165, 1.54) is 0 Å². The molecule has 102 valence electrons. The van der Waals surface area contributed by atoms with Crippen molar-refractivity contribution in [2.45, 2.75) is 32.1 Å². The molecule has 1 N–H and O–H groups in total. The van der Waals surface area contributed by atoms with E-state index in [-0.39, 0.29) is 12.2 Å². The lowest BCUT2D eigenvalue weighted by Crippen LogP contribution is -2.54. The van der Waals surface area contributed by atoms with Gasteiger partial charge >= 0.3 is 0 Å². The molecule has 0 bridgehead atoms. The highest BCUT2D eigenvalue weighted by molar-refractivity contribution is 14.1. The summed E-state index contributed by atoms with van der Waals surface area (Å²) < 4.78 is 14.9. The SMILES string of the molecule is CCOC1[C@@H](C)[C@H](NI)CO[C@@H]1CON(C)C. The maximum Gasteiger partial charge on any atom is 0.109 e. The Morgan fingerprint density at radius 1 is 1.47 bits per heavy atom. The number of nitrogens with one attached hydrogen (secondary N) is 1. The maximum absolute atomic E-state index is 5.82. The van der Waals surface area contributed by atoms with Crippen LogP contribution in [0.5, 0.6) is 0 Å². The van der Waals surface area contributed by atoms with Crippen LogP contribution in [0.2, 0.25) is 0 Å². The van der Waals surface area contributed by atoms with E-state index >= 15 is 0 Å². The van der Waals surface area contributed by atoms with Gasteiger partial charge in [0.2, 0.25) is 0 Å². The molecule has 1 rings (SSSR count). The van der Waals surface area contributed by atoms with E-state index in [4.69, 9.17) is 14.3 Å². The fourth-order valence-electron chi connectivity index (χ4n) is 1.99. The second-order valence-corrected chi connectivity index (χ2v) is 5.10. The van der Waals surface area contributed by atoms with Gasteiger partial charge in [-0.15, -0.1) is 0 Å². The first-order valence-electron chi connectivity index (χ1n) is 5.99. The summed E-state index contributed by atoms with van der Waals surface area (Å²) in [6, 6.07) is 0.336. The van der Waals surface area contributed by atoms with Gasteiger partial charge in [0.1, 0.15) is 6.10 Å². The summed E-state index contributed by atoms with van der Waals surface area (Å²) >= 11 is 2.17. The van der Waals surface area contributed by atoms with Crippen molar-refractivity contribution in [3.8, 4) is 0 Å². The van der Waals surface area contributed by atoms with Crippen LogP contribution in [-0.2, 0) is 14.3 Å². The van der Waals surface area contributed by atoms with Crippen LogP contribution >= 0.6 is 22.9 Å². The molecule has 0 radical (unpaired) electrons. The molecule has 6 heteroatoms. The molecule has 0 spiro atoms. The van der Waals surface area contributed by atoms with E-state index in [1.807, 2.05) is 21.0 Å². The maximum atomic E-state index is 5.82.